The summed E-state index contributed by atoms with van der Waals surface area (Å²) >= 11 is 0. The molecule has 0 heteroatoms. The maximum Gasteiger partial charge on any atom is 0.0475 e. The maximum atomic E-state index is 2.44. The average molecular weight is 363 g/mol. The van der Waals surface area contributed by atoms with E-state index in [0.717, 1.165) is 6.42 Å². The zero-order chi connectivity index (χ0) is 19.3. The van der Waals surface area contributed by atoms with Crippen LogP contribution in [0.3, 0.4) is 0 Å². The average Bonchev–Trinajstić information content (AvgIpc) is 3.28. The van der Waals surface area contributed by atoms with Crippen molar-refractivity contribution in [1.29, 1.82) is 0 Å². The molecule has 138 valence electrons. The van der Waals surface area contributed by atoms with E-state index in [0.29, 0.717) is 0 Å². The molecule has 0 bridgehead atoms. The highest BCUT2D eigenvalue weighted by atomic mass is 14.5. The van der Waals surface area contributed by atoms with Gasteiger partial charge in [-0.25, -0.2) is 0 Å². The zero-order valence-electron chi connectivity index (χ0n) is 16.9. The second kappa shape index (κ2) is 6.34. The molecule has 4 aromatic carbocycles. The highest BCUT2D eigenvalue weighted by molar-refractivity contribution is 5.94. The van der Waals surface area contributed by atoms with Crippen LogP contribution in [0, 0.1) is 6.92 Å². The molecule has 0 saturated heterocycles. The summed E-state index contributed by atoms with van der Waals surface area (Å²) in [6.07, 6.45) is 2.33. The molecule has 0 amide bonds. The lowest BCUT2D eigenvalue weighted by Gasteiger charge is -2.30. The lowest BCUT2D eigenvalue weighted by atomic mass is 9.72. The van der Waals surface area contributed by atoms with Crippen molar-refractivity contribution in [2.75, 3.05) is 0 Å². The highest BCUT2D eigenvalue weighted by Crippen LogP contribution is 2.59. The number of benzene rings is 4. The second-order valence-corrected chi connectivity index (χ2v) is 7.82. The fourth-order valence-electron chi connectivity index (χ4n) is 5.50. The summed E-state index contributed by atoms with van der Waals surface area (Å²) in [5.74, 6) is 0. The van der Waals surface area contributed by atoms with Gasteiger partial charge in [0.25, 0.3) is 0 Å². The first-order valence-corrected chi connectivity index (χ1v) is 10.5. The van der Waals surface area contributed by atoms with Crippen molar-refractivity contribution in [2.24, 2.45) is 0 Å². The van der Waals surface area contributed by atoms with Gasteiger partial charge in [-0.05, 0) is 63.9 Å². The van der Waals surface area contributed by atoms with E-state index in [-0.39, 0.29) is 5.41 Å². The first-order chi connectivity index (χ1) is 13.8. The van der Waals surface area contributed by atoms with Gasteiger partial charge in [-0.15, -0.1) is 0 Å². The molecule has 1 unspecified atom stereocenters. The monoisotopic (exact) mass is 362 g/mol. The molecule has 28 heavy (non-hydrogen) atoms. The summed E-state index contributed by atoms with van der Waals surface area (Å²) in [4.78, 5) is 0. The molecule has 2 aliphatic rings. The quantitative estimate of drug-likeness (QED) is 0.305. The van der Waals surface area contributed by atoms with Crippen LogP contribution in [0.25, 0.3) is 21.9 Å². The van der Waals surface area contributed by atoms with Gasteiger partial charge in [-0.3, -0.25) is 0 Å². The van der Waals surface area contributed by atoms with E-state index in [1.807, 2.05) is 13.8 Å². The van der Waals surface area contributed by atoms with E-state index in [1.165, 1.54) is 50.6 Å². The van der Waals surface area contributed by atoms with Gasteiger partial charge in [-0.1, -0.05) is 98.3 Å². The number of fused-ring (bicyclic) bond motifs is 9. The maximum absolute atomic E-state index is 2.44. The molecule has 2 aliphatic carbocycles. The number of hydrogen-bond acceptors (Lipinski definition) is 0. The van der Waals surface area contributed by atoms with Crippen LogP contribution in [0.1, 0.15) is 48.1 Å². The lowest BCUT2D eigenvalue weighted by molar-refractivity contribution is 0.629. The molecule has 4 aromatic rings. The normalized spacial score (nSPS) is 18.4. The van der Waals surface area contributed by atoms with Crippen molar-refractivity contribution in [1.82, 2.24) is 0 Å². The highest BCUT2D eigenvalue weighted by Gasteiger charge is 2.48. The smallest absolute Gasteiger partial charge is 0.0475 e. The van der Waals surface area contributed by atoms with Crippen molar-refractivity contribution in [3.63, 3.8) is 0 Å². The van der Waals surface area contributed by atoms with Crippen LogP contribution in [0.5, 0.6) is 0 Å². The third kappa shape index (κ3) is 2.12. The molecular formula is C28H26. The molecule has 0 nitrogen and oxygen atoms in total. The first kappa shape index (κ1) is 17.3. The van der Waals surface area contributed by atoms with Crippen LogP contribution in [-0.2, 0) is 11.8 Å². The topological polar surface area (TPSA) is 0 Å². The Bertz CT molecular complexity index is 1200. The Hall–Kier alpha value is -2.86. The van der Waals surface area contributed by atoms with E-state index in [4.69, 9.17) is 0 Å². The van der Waals surface area contributed by atoms with Gasteiger partial charge >= 0.3 is 0 Å². The Morgan fingerprint density at radius 2 is 1.46 bits per heavy atom. The first-order valence-electron chi connectivity index (χ1n) is 10.5. The van der Waals surface area contributed by atoms with Crippen molar-refractivity contribution < 1.29 is 0 Å². The third-order valence-corrected chi connectivity index (χ3v) is 6.52. The van der Waals surface area contributed by atoms with Gasteiger partial charge in [-0.2, -0.15) is 0 Å². The fourth-order valence-corrected chi connectivity index (χ4v) is 5.50. The number of hydrogen-bond donors (Lipinski definition) is 0. The van der Waals surface area contributed by atoms with E-state index in [9.17, 15) is 0 Å². The van der Waals surface area contributed by atoms with Gasteiger partial charge in [0, 0.05) is 5.41 Å². The van der Waals surface area contributed by atoms with E-state index >= 15 is 0 Å². The molecule has 1 spiro atoms. The van der Waals surface area contributed by atoms with E-state index < -0.39 is 0 Å². The molecule has 0 aromatic heterocycles. The zero-order valence-corrected chi connectivity index (χ0v) is 16.9. The summed E-state index contributed by atoms with van der Waals surface area (Å²) in [6.45, 7) is 6.22. The molecule has 0 fully saturated rings. The third-order valence-electron chi connectivity index (χ3n) is 6.52. The van der Waals surface area contributed by atoms with Crippen LogP contribution >= 0.6 is 0 Å². The number of rotatable bonds is 0. The number of aryl methyl sites for hydroxylation is 2. The van der Waals surface area contributed by atoms with Crippen molar-refractivity contribution in [3.05, 3.63) is 107 Å². The molecule has 0 saturated carbocycles. The summed E-state index contributed by atoms with van der Waals surface area (Å²) in [6, 6.07) is 29.7. The molecule has 6 rings (SSSR count). The Kier molecular flexibility index (Phi) is 3.91. The van der Waals surface area contributed by atoms with Crippen molar-refractivity contribution >= 4 is 10.8 Å². The fraction of sp³-hybridized carbons (Fsp3) is 0.214. The van der Waals surface area contributed by atoms with Gasteiger partial charge in [0.2, 0.25) is 0 Å². The van der Waals surface area contributed by atoms with Crippen LogP contribution in [0.15, 0.2) is 78.9 Å². The molecule has 1 atom stereocenters. The minimum Gasteiger partial charge on any atom is -0.0683 e. The van der Waals surface area contributed by atoms with Crippen LogP contribution in [-0.4, -0.2) is 0 Å². The van der Waals surface area contributed by atoms with Crippen LogP contribution < -0.4 is 0 Å². The molecule has 0 aliphatic heterocycles. The van der Waals surface area contributed by atoms with Gasteiger partial charge in [0.15, 0.2) is 0 Å². The van der Waals surface area contributed by atoms with Crippen molar-refractivity contribution in [3.8, 4) is 11.1 Å². The largest absolute Gasteiger partial charge is 0.0683 e. The van der Waals surface area contributed by atoms with Crippen LogP contribution in [0.4, 0.5) is 0 Å². The van der Waals surface area contributed by atoms with Gasteiger partial charge in [0.05, 0.1) is 0 Å². The predicted molar refractivity (Wildman–Crippen MR) is 120 cm³/mol. The molecular weight excluding hydrogens is 336 g/mol. The Morgan fingerprint density at radius 3 is 2.36 bits per heavy atom. The summed E-state index contributed by atoms with van der Waals surface area (Å²) < 4.78 is 0. The summed E-state index contributed by atoms with van der Waals surface area (Å²) in [5.41, 5.74) is 10.3. The van der Waals surface area contributed by atoms with E-state index in [1.54, 1.807) is 5.56 Å². The van der Waals surface area contributed by atoms with E-state index in [2.05, 4.69) is 85.8 Å². The molecule has 0 N–H and O–H groups in total. The Balaban J connectivity index is 0.000000829. The minimum atomic E-state index is 0.00808. The standard InChI is InChI=1S/C26H20.C2H6/c1-17-10-13-22-21-8-4-5-9-23(21)26(24(22)16-17)15-14-19-12-11-18-6-2-3-7-20(18)25(19)26;1-2/h2-13,16H,14-15H2,1H3;1-2H3. The van der Waals surface area contributed by atoms with Crippen molar-refractivity contribution in [2.45, 2.75) is 39.0 Å². The molecule has 0 radical (unpaired) electrons. The lowest BCUT2D eigenvalue weighted by Crippen LogP contribution is -2.24. The Morgan fingerprint density at radius 1 is 0.714 bits per heavy atom. The molecule has 0 heterocycles. The SMILES string of the molecule is CC.Cc1ccc2c(c1)C1(CCc3ccc4ccccc4c31)c1ccccc1-2. The van der Waals surface area contributed by atoms with Gasteiger partial charge < -0.3 is 0 Å². The summed E-state index contributed by atoms with van der Waals surface area (Å²) in [5, 5.41) is 2.78. The Labute approximate surface area is 167 Å². The van der Waals surface area contributed by atoms with Crippen LogP contribution in [0.2, 0.25) is 0 Å². The second-order valence-electron chi connectivity index (χ2n) is 7.82. The summed E-state index contributed by atoms with van der Waals surface area (Å²) in [7, 11) is 0. The van der Waals surface area contributed by atoms with Gasteiger partial charge in [0.1, 0.15) is 0 Å². The minimum absolute atomic E-state index is 0.00808. The predicted octanol–water partition coefficient (Wildman–Crippen LogP) is 7.44.